The molecule has 5 heteroatoms. The zero-order valence-electron chi connectivity index (χ0n) is 13.8. The summed E-state index contributed by atoms with van der Waals surface area (Å²) in [4.78, 5) is 14.3. The second kappa shape index (κ2) is 7.65. The molecule has 1 amide bonds. The average Bonchev–Trinajstić information content (AvgIpc) is 2.50. The van der Waals surface area contributed by atoms with E-state index in [2.05, 4.69) is 10.2 Å². The third-order valence-electron chi connectivity index (χ3n) is 3.44. The van der Waals surface area contributed by atoms with Gasteiger partial charge in [-0.2, -0.15) is 0 Å². The highest BCUT2D eigenvalue weighted by Crippen LogP contribution is 2.23. The monoisotopic (exact) mass is 313 g/mol. The van der Waals surface area contributed by atoms with Crippen molar-refractivity contribution in [1.29, 1.82) is 0 Å². The van der Waals surface area contributed by atoms with Crippen molar-refractivity contribution in [1.82, 2.24) is 4.90 Å². The van der Waals surface area contributed by atoms with Crippen LogP contribution < -0.4 is 15.8 Å². The van der Waals surface area contributed by atoms with Crippen molar-refractivity contribution in [2.24, 2.45) is 0 Å². The molecule has 0 unspecified atom stereocenters. The minimum atomic E-state index is -0.168. The first-order valence-electron chi connectivity index (χ1n) is 7.51. The molecule has 0 aliphatic rings. The molecular weight excluding hydrogens is 290 g/mol. The maximum absolute atomic E-state index is 12.3. The van der Waals surface area contributed by atoms with E-state index in [1.165, 1.54) is 0 Å². The molecule has 0 bridgehead atoms. The third kappa shape index (κ3) is 5.00. The minimum Gasteiger partial charge on any atom is -0.492 e. The van der Waals surface area contributed by atoms with Gasteiger partial charge in [0.25, 0.3) is 5.91 Å². The molecule has 0 aromatic heterocycles. The molecule has 122 valence electrons. The summed E-state index contributed by atoms with van der Waals surface area (Å²) in [5, 5.41) is 2.92. The fraction of sp³-hybridized carbons (Fsp3) is 0.278. The lowest BCUT2D eigenvalue weighted by Crippen LogP contribution is -2.19. The fourth-order valence-corrected chi connectivity index (χ4v) is 2.00. The lowest BCUT2D eigenvalue weighted by Gasteiger charge is -2.13. The molecule has 0 fully saturated rings. The van der Waals surface area contributed by atoms with Crippen LogP contribution in [0.3, 0.4) is 0 Å². The molecule has 0 heterocycles. The van der Waals surface area contributed by atoms with Crippen molar-refractivity contribution in [3.8, 4) is 5.75 Å². The molecule has 5 nitrogen and oxygen atoms in total. The molecule has 0 saturated carbocycles. The number of nitrogens with zero attached hydrogens (tertiary/aromatic N) is 1. The number of amides is 1. The van der Waals surface area contributed by atoms with Gasteiger partial charge >= 0.3 is 0 Å². The van der Waals surface area contributed by atoms with Crippen molar-refractivity contribution in [2.75, 3.05) is 38.3 Å². The first-order chi connectivity index (χ1) is 11.0. The highest BCUT2D eigenvalue weighted by Gasteiger charge is 2.09. The van der Waals surface area contributed by atoms with Gasteiger partial charge in [-0.05, 0) is 56.9 Å². The van der Waals surface area contributed by atoms with E-state index in [1.54, 1.807) is 24.3 Å². The smallest absolute Gasteiger partial charge is 0.255 e. The molecule has 0 aliphatic carbocycles. The lowest BCUT2D eigenvalue weighted by atomic mass is 10.1. The second-order valence-electron chi connectivity index (χ2n) is 5.70. The molecule has 3 N–H and O–H groups in total. The molecule has 2 aromatic rings. The summed E-state index contributed by atoms with van der Waals surface area (Å²) in [7, 11) is 3.99. The number of nitrogen functional groups attached to an aromatic ring is 1. The van der Waals surface area contributed by atoms with Gasteiger partial charge in [0.05, 0.1) is 0 Å². The molecule has 0 saturated heterocycles. The van der Waals surface area contributed by atoms with E-state index in [9.17, 15) is 4.79 Å². The van der Waals surface area contributed by atoms with Gasteiger partial charge in [-0.25, -0.2) is 0 Å². The lowest BCUT2D eigenvalue weighted by molar-refractivity contribution is 0.102. The van der Waals surface area contributed by atoms with Crippen LogP contribution in [-0.2, 0) is 0 Å². The Kier molecular flexibility index (Phi) is 5.60. The van der Waals surface area contributed by atoms with Gasteiger partial charge in [-0.3, -0.25) is 4.79 Å². The number of carbonyl (C=O) groups is 1. The van der Waals surface area contributed by atoms with Crippen LogP contribution in [0.1, 0.15) is 15.9 Å². The predicted octanol–water partition coefficient (Wildman–Crippen LogP) is 2.77. The Hall–Kier alpha value is -2.53. The van der Waals surface area contributed by atoms with Crippen LogP contribution in [0.5, 0.6) is 5.75 Å². The van der Waals surface area contributed by atoms with Crippen LogP contribution >= 0.6 is 0 Å². The number of nitrogens with one attached hydrogen (secondary N) is 1. The Morgan fingerprint density at radius 1 is 1.17 bits per heavy atom. The van der Waals surface area contributed by atoms with Crippen LogP contribution in [0.2, 0.25) is 0 Å². The van der Waals surface area contributed by atoms with Gasteiger partial charge in [0.1, 0.15) is 12.4 Å². The Bertz CT molecular complexity index is 666. The number of aryl methyl sites for hydroxylation is 1. The Morgan fingerprint density at radius 2 is 1.87 bits per heavy atom. The zero-order chi connectivity index (χ0) is 16.8. The number of rotatable bonds is 6. The number of anilines is 2. The summed E-state index contributed by atoms with van der Waals surface area (Å²) < 4.78 is 5.71. The van der Waals surface area contributed by atoms with E-state index in [4.69, 9.17) is 10.5 Å². The van der Waals surface area contributed by atoms with E-state index in [-0.39, 0.29) is 5.91 Å². The first-order valence-corrected chi connectivity index (χ1v) is 7.51. The minimum absolute atomic E-state index is 0.168. The Balaban J connectivity index is 2.06. The quantitative estimate of drug-likeness (QED) is 0.805. The molecule has 2 aromatic carbocycles. The molecule has 23 heavy (non-hydrogen) atoms. The summed E-state index contributed by atoms with van der Waals surface area (Å²) in [6, 6.07) is 12.5. The van der Waals surface area contributed by atoms with Crippen LogP contribution in [0.4, 0.5) is 11.4 Å². The Labute approximate surface area is 137 Å². The van der Waals surface area contributed by atoms with Crippen molar-refractivity contribution in [2.45, 2.75) is 6.92 Å². The summed E-state index contributed by atoms with van der Waals surface area (Å²) in [6.45, 7) is 3.38. The van der Waals surface area contributed by atoms with Gasteiger partial charge in [-0.1, -0.05) is 6.07 Å². The van der Waals surface area contributed by atoms with Crippen LogP contribution in [0.25, 0.3) is 0 Å². The number of carbonyl (C=O) groups excluding carboxylic acids is 1. The molecular formula is C18H23N3O2. The number of hydrogen-bond acceptors (Lipinski definition) is 4. The molecule has 0 aliphatic heterocycles. The first kappa shape index (κ1) is 16.8. The standard InChI is InChI=1S/C18H23N3O2/c1-13-4-9-16(23-11-10-21(2)3)12-17(13)20-18(22)14-5-7-15(19)8-6-14/h4-9,12H,10-11,19H2,1-3H3,(H,20,22). The fourth-order valence-electron chi connectivity index (χ4n) is 2.00. The highest BCUT2D eigenvalue weighted by atomic mass is 16.5. The molecule has 2 rings (SSSR count). The van der Waals surface area contributed by atoms with Gasteiger partial charge in [0.2, 0.25) is 0 Å². The molecule has 0 spiro atoms. The van der Waals surface area contributed by atoms with E-state index >= 15 is 0 Å². The van der Waals surface area contributed by atoms with Gasteiger partial charge in [-0.15, -0.1) is 0 Å². The van der Waals surface area contributed by atoms with Crippen LogP contribution in [0, 0.1) is 6.92 Å². The van der Waals surface area contributed by atoms with Gasteiger partial charge < -0.3 is 20.7 Å². The number of likely N-dealkylation sites (N-methyl/N-ethyl adjacent to an activating group) is 1. The molecule has 0 atom stereocenters. The highest BCUT2D eigenvalue weighted by molar-refractivity contribution is 6.04. The topological polar surface area (TPSA) is 67.6 Å². The summed E-state index contributed by atoms with van der Waals surface area (Å²) >= 11 is 0. The SMILES string of the molecule is Cc1ccc(OCCN(C)C)cc1NC(=O)c1ccc(N)cc1. The van der Waals surface area contributed by atoms with Gasteiger partial charge in [0, 0.05) is 29.5 Å². The average molecular weight is 313 g/mol. The number of benzene rings is 2. The second-order valence-corrected chi connectivity index (χ2v) is 5.70. The van der Waals surface area contributed by atoms with Crippen molar-refractivity contribution in [3.63, 3.8) is 0 Å². The largest absolute Gasteiger partial charge is 0.492 e. The normalized spacial score (nSPS) is 10.6. The Morgan fingerprint density at radius 3 is 2.52 bits per heavy atom. The maximum Gasteiger partial charge on any atom is 0.255 e. The number of hydrogen-bond donors (Lipinski definition) is 2. The van der Waals surface area contributed by atoms with Crippen molar-refractivity contribution >= 4 is 17.3 Å². The third-order valence-corrected chi connectivity index (χ3v) is 3.44. The predicted molar refractivity (Wildman–Crippen MR) is 94.0 cm³/mol. The maximum atomic E-state index is 12.3. The summed E-state index contributed by atoms with van der Waals surface area (Å²) in [5.74, 6) is 0.573. The van der Waals surface area contributed by atoms with E-state index in [0.29, 0.717) is 17.9 Å². The van der Waals surface area contributed by atoms with E-state index in [0.717, 1.165) is 23.5 Å². The van der Waals surface area contributed by atoms with E-state index < -0.39 is 0 Å². The number of ether oxygens (including phenoxy) is 1. The van der Waals surface area contributed by atoms with Crippen molar-refractivity contribution in [3.05, 3.63) is 53.6 Å². The van der Waals surface area contributed by atoms with Crippen molar-refractivity contribution < 1.29 is 9.53 Å². The van der Waals surface area contributed by atoms with Crippen LogP contribution in [0.15, 0.2) is 42.5 Å². The summed E-state index contributed by atoms with van der Waals surface area (Å²) in [5.41, 5.74) is 8.56. The zero-order valence-corrected chi connectivity index (χ0v) is 13.8. The van der Waals surface area contributed by atoms with E-state index in [1.807, 2.05) is 39.2 Å². The summed E-state index contributed by atoms with van der Waals surface area (Å²) in [6.07, 6.45) is 0. The van der Waals surface area contributed by atoms with Crippen LogP contribution in [-0.4, -0.2) is 38.1 Å². The molecule has 0 radical (unpaired) electrons. The number of nitrogens with two attached hydrogens (primary N) is 1. The van der Waals surface area contributed by atoms with Gasteiger partial charge in [0.15, 0.2) is 0 Å².